The van der Waals surface area contributed by atoms with Gasteiger partial charge in [0.1, 0.15) is 12.2 Å². The molecule has 0 atom stereocenters. The molecule has 0 saturated heterocycles. The second-order valence-corrected chi connectivity index (χ2v) is 8.17. The van der Waals surface area contributed by atoms with Crippen molar-refractivity contribution in [2.45, 2.75) is 26.0 Å². The second kappa shape index (κ2) is 12.8. The molecule has 4 aromatic rings. The highest BCUT2D eigenvalue weighted by Gasteiger charge is 2.23. The van der Waals surface area contributed by atoms with E-state index in [1.165, 1.54) is 6.20 Å². The Hall–Kier alpha value is -5.05. The molecule has 2 amide bonds. The first kappa shape index (κ1) is 26.0. The van der Waals surface area contributed by atoms with Gasteiger partial charge in [0.15, 0.2) is 0 Å². The van der Waals surface area contributed by atoms with Crippen molar-refractivity contribution in [1.82, 2.24) is 20.8 Å². The van der Waals surface area contributed by atoms with Crippen molar-refractivity contribution in [2.24, 2.45) is 0 Å². The fourth-order valence-corrected chi connectivity index (χ4v) is 3.55. The maximum atomic E-state index is 13.5. The van der Waals surface area contributed by atoms with Gasteiger partial charge in [0.2, 0.25) is 11.7 Å². The number of carbonyl (C=O) groups excluding carboxylic acids is 3. The van der Waals surface area contributed by atoms with Gasteiger partial charge in [0.25, 0.3) is 5.91 Å². The van der Waals surface area contributed by atoms with Crippen molar-refractivity contribution < 1.29 is 24.0 Å². The van der Waals surface area contributed by atoms with E-state index in [0.29, 0.717) is 0 Å². The van der Waals surface area contributed by atoms with Crippen LogP contribution in [0.5, 0.6) is 5.88 Å². The largest absolute Gasteiger partial charge is 0.472 e. The van der Waals surface area contributed by atoms with Crippen molar-refractivity contribution in [3.63, 3.8) is 0 Å². The van der Waals surface area contributed by atoms with Gasteiger partial charge < -0.3 is 14.9 Å². The number of ether oxygens (including phenoxy) is 1. The van der Waals surface area contributed by atoms with E-state index in [1.807, 2.05) is 96.5 Å². The normalized spacial score (nSPS) is 10.5. The summed E-state index contributed by atoms with van der Waals surface area (Å²) in [5.41, 5.74) is 4.65. The number of hydrogen-bond acceptors (Lipinski definition) is 7. The minimum Gasteiger partial charge on any atom is -0.472 e. The number of amides is 2. The number of rotatable bonds is 9. The third kappa shape index (κ3) is 6.79. The van der Waals surface area contributed by atoms with Crippen LogP contribution >= 0.6 is 0 Å². The van der Waals surface area contributed by atoms with Crippen LogP contribution in [0.15, 0.2) is 97.2 Å². The minimum absolute atomic E-state index is 0.0416. The van der Waals surface area contributed by atoms with Gasteiger partial charge >= 0.3 is 11.9 Å². The number of hydroxylamine groups is 1. The van der Waals surface area contributed by atoms with E-state index in [2.05, 4.69) is 20.1 Å². The van der Waals surface area contributed by atoms with E-state index in [0.717, 1.165) is 16.7 Å². The summed E-state index contributed by atoms with van der Waals surface area (Å²) in [6.45, 7) is 1.69. The van der Waals surface area contributed by atoms with E-state index in [9.17, 15) is 14.4 Å². The zero-order chi connectivity index (χ0) is 26.7. The van der Waals surface area contributed by atoms with Crippen molar-refractivity contribution in [1.29, 1.82) is 0 Å². The second-order valence-electron chi connectivity index (χ2n) is 8.17. The molecule has 0 aliphatic rings. The first-order valence-electron chi connectivity index (χ1n) is 12.0. The molecule has 0 bridgehead atoms. The topological polar surface area (TPSA) is 120 Å². The number of carbonyl (C=O) groups is 3. The molecule has 192 valence electrons. The Kier molecular flexibility index (Phi) is 8.75. The lowest BCUT2D eigenvalue weighted by atomic mass is 9.98. The summed E-state index contributed by atoms with van der Waals surface area (Å²) in [4.78, 5) is 50.2. The van der Waals surface area contributed by atoms with Gasteiger partial charge in [-0.2, -0.15) is 10.5 Å². The van der Waals surface area contributed by atoms with Crippen molar-refractivity contribution in [3.05, 3.63) is 125 Å². The highest BCUT2D eigenvalue weighted by atomic mass is 16.7. The molecule has 0 radical (unpaired) electrons. The SMILES string of the molecule is CCC(=O)ONC(=O)c1ncc(C(=O)NC(c2ccccc2)c2ccccc2)c(OCc2ccccc2)n1. The van der Waals surface area contributed by atoms with Gasteiger partial charge in [-0.1, -0.05) is 97.9 Å². The van der Waals surface area contributed by atoms with Crippen LogP contribution in [0.4, 0.5) is 0 Å². The van der Waals surface area contributed by atoms with E-state index in [-0.39, 0.29) is 30.3 Å². The number of nitrogens with one attached hydrogen (secondary N) is 2. The molecule has 0 unspecified atom stereocenters. The number of aromatic nitrogens is 2. The monoisotopic (exact) mass is 510 g/mol. The molecule has 38 heavy (non-hydrogen) atoms. The van der Waals surface area contributed by atoms with E-state index in [1.54, 1.807) is 6.92 Å². The smallest absolute Gasteiger partial charge is 0.331 e. The molecule has 9 heteroatoms. The summed E-state index contributed by atoms with van der Waals surface area (Å²) in [6, 6.07) is 27.9. The first-order valence-corrected chi connectivity index (χ1v) is 12.0. The summed E-state index contributed by atoms with van der Waals surface area (Å²) < 4.78 is 5.88. The third-order valence-corrected chi connectivity index (χ3v) is 5.51. The molecule has 3 aromatic carbocycles. The van der Waals surface area contributed by atoms with Crippen LogP contribution in [0, 0.1) is 0 Å². The van der Waals surface area contributed by atoms with Crippen LogP contribution in [-0.4, -0.2) is 27.8 Å². The fourth-order valence-electron chi connectivity index (χ4n) is 3.55. The molecule has 0 spiro atoms. The first-order chi connectivity index (χ1) is 18.5. The van der Waals surface area contributed by atoms with Crippen molar-refractivity contribution in [2.75, 3.05) is 0 Å². The predicted molar refractivity (Wildman–Crippen MR) is 139 cm³/mol. The lowest BCUT2D eigenvalue weighted by molar-refractivity contribution is -0.148. The van der Waals surface area contributed by atoms with Crippen LogP contribution in [0.1, 0.15) is 57.1 Å². The number of benzene rings is 3. The lowest BCUT2D eigenvalue weighted by Crippen LogP contribution is -2.31. The van der Waals surface area contributed by atoms with Gasteiger partial charge in [-0.05, 0) is 16.7 Å². The average Bonchev–Trinajstić information content (AvgIpc) is 2.98. The zero-order valence-corrected chi connectivity index (χ0v) is 20.7. The van der Waals surface area contributed by atoms with Crippen LogP contribution in [-0.2, 0) is 16.2 Å². The third-order valence-electron chi connectivity index (χ3n) is 5.51. The van der Waals surface area contributed by atoms with Gasteiger partial charge in [-0.3, -0.25) is 9.59 Å². The summed E-state index contributed by atoms with van der Waals surface area (Å²) >= 11 is 0. The molecule has 0 aliphatic heterocycles. The maximum Gasteiger partial charge on any atom is 0.331 e. The molecular formula is C29H26N4O5. The molecule has 1 heterocycles. The summed E-state index contributed by atoms with van der Waals surface area (Å²) in [5, 5.41) is 3.03. The van der Waals surface area contributed by atoms with Crippen molar-refractivity contribution >= 4 is 17.8 Å². The Morgan fingerprint density at radius 1 is 0.816 bits per heavy atom. The van der Waals surface area contributed by atoms with Crippen LogP contribution in [0.2, 0.25) is 0 Å². The molecule has 4 rings (SSSR count). The Balaban J connectivity index is 1.63. The number of nitrogens with zero attached hydrogens (tertiary/aromatic N) is 2. The van der Waals surface area contributed by atoms with E-state index in [4.69, 9.17) is 4.74 Å². The zero-order valence-electron chi connectivity index (χ0n) is 20.7. The molecule has 0 aliphatic carbocycles. The van der Waals surface area contributed by atoms with E-state index < -0.39 is 23.8 Å². The minimum atomic E-state index is -0.852. The molecule has 1 aromatic heterocycles. The quantitative estimate of drug-likeness (QED) is 0.324. The van der Waals surface area contributed by atoms with Gasteiger partial charge in [0, 0.05) is 12.6 Å². The Morgan fingerprint density at radius 3 is 1.97 bits per heavy atom. The Morgan fingerprint density at radius 2 is 1.39 bits per heavy atom. The molecule has 9 nitrogen and oxygen atoms in total. The molecular weight excluding hydrogens is 484 g/mol. The highest BCUT2D eigenvalue weighted by Crippen LogP contribution is 2.24. The Bertz CT molecular complexity index is 1340. The standard InChI is InChI=1S/C29H26N4O5/c1-2-24(34)38-33-28(36)26-30-18-23(29(32-26)37-19-20-12-6-3-7-13-20)27(35)31-25(21-14-8-4-9-15-21)22-16-10-5-11-17-22/h3-18,25H,2,19H2,1H3,(H,31,35)(H,33,36). The van der Waals surface area contributed by atoms with Gasteiger partial charge in [-0.15, -0.1) is 0 Å². The summed E-state index contributed by atoms with van der Waals surface area (Å²) in [7, 11) is 0. The Labute approximate surface area is 219 Å². The fraction of sp³-hybridized carbons (Fsp3) is 0.138. The van der Waals surface area contributed by atoms with Crippen molar-refractivity contribution in [3.8, 4) is 5.88 Å². The van der Waals surface area contributed by atoms with Crippen LogP contribution in [0.25, 0.3) is 0 Å². The number of hydrogen-bond donors (Lipinski definition) is 2. The average molecular weight is 511 g/mol. The predicted octanol–water partition coefficient (Wildman–Crippen LogP) is 4.17. The highest BCUT2D eigenvalue weighted by molar-refractivity contribution is 5.97. The van der Waals surface area contributed by atoms with Gasteiger partial charge in [-0.25, -0.2) is 9.78 Å². The summed E-state index contributed by atoms with van der Waals surface area (Å²) in [5.74, 6) is -2.38. The molecule has 2 N–H and O–H groups in total. The van der Waals surface area contributed by atoms with E-state index >= 15 is 0 Å². The van der Waals surface area contributed by atoms with Gasteiger partial charge in [0.05, 0.1) is 6.04 Å². The maximum absolute atomic E-state index is 13.5. The lowest BCUT2D eigenvalue weighted by Gasteiger charge is -2.20. The molecule has 0 fully saturated rings. The summed E-state index contributed by atoms with van der Waals surface area (Å²) in [6.07, 6.45) is 1.29. The van der Waals surface area contributed by atoms with Crippen LogP contribution < -0.4 is 15.5 Å². The van der Waals surface area contributed by atoms with Crippen LogP contribution in [0.3, 0.4) is 0 Å². The molecule has 0 saturated carbocycles.